The molecule has 2 aliphatic carbocycles. The maximum absolute atomic E-state index is 15.5. The summed E-state index contributed by atoms with van der Waals surface area (Å²) in [6.45, 7) is 0. The Labute approximate surface area is 329 Å². The molecule has 4 amide bonds. The van der Waals surface area contributed by atoms with E-state index in [1.807, 2.05) is 48.5 Å². The molecule has 1 N–H and O–H groups in total. The summed E-state index contributed by atoms with van der Waals surface area (Å²) in [5.41, 5.74) is 1.37. The molecule has 6 atom stereocenters. The van der Waals surface area contributed by atoms with Gasteiger partial charge in [0.25, 0.3) is 0 Å². The smallest absolute Gasteiger partial charge is 0.246 e. The molecule has 0 radical (unpaired) electrons. The number of phenolic OH excluding ortho intramolecular Hbond substituents is 1. The third kappa shape index (κ3) is 5.01. The minimum atomic E-state index is -1.48. The SMILES string of the molecule is COc1cc([C@H]2C3=CC[C@@H]4C(=O)N(c5ccc(I)cc5)C(=O)[C@@H]4[C@@H]3C[C@H]3C(=O)N(c4cccc(Cl)c4)C(=O)[C@@]23c2ccccc2)c(Br)c(Br)c1O. The van der Waals surface area contributed by atoms with Gasteiger partial charge < -0.3 is 9.84 Å². The molecule has 12 heteroatoms. The van der Waals surface area contributed by atoms with Crippen LogP contribution in [0.1, 0.15) is 29.9 Å². The summed E-state index contributed by atoms with van der Waals surface area (Å²) in [5, 5.41) is 11.4. The van der Waals surface area contributed by atoms with Gasteiger partial charge in [-0.05, 0) is 133 Å². The van der Waals surface area contributed by atoms with Crippen LogP contribution in [0.2, 0.25) is 5.02 Å². The third-order valence-electron chi connectivity index (χ3n) is 11.0. The third-order valence-corrected chi connectivity index (χ3v) is 14.1. The van der Waals surface area contributed by atoms with E-state index in [1.165, 1.54) is 16.9 Å². The number of carbonyl (C=O) groups excluding carboxylic acids is 4. The Hall–Kier alpha value is -3.52. The Morgan fingerprint density at radius 1 is 0.843 bits per heavy atom. The number of fused-ring (bicyclic) bond motifs is 4. The van der Waals surface area contributed by atoms with Crippen LogP contribution in [-0.4, -0.2) is 35.8 Å². The molecule has 8 rings (SSSR count). The highest BCUT2D eigenvalue weighted by Crippen LogP contribution is 2.66. The van der Waals surface area contributed by atoms with Crippen LogP contribution in [0, 0.1) is 27.2 Å². The molecule has 0 aromatic heterocycles. The fourth-order valence-corrected chi connectivity index (χ4v) is 10.4. The molecule has 2 heterocycles. The van der Waals surface area contributed by atoms with Crippen molar-refractivity contribution in [2.24, 2.45) is 23.7 Å². The molecule has 3 fully saturated rings. The van der Waals surface area contributed by atoms with Crippen molar-refractivity contribution in [1.29, 1.82) is 0 Å². The Balaban J connectivity index is 1.39. The number of anilines is 2. The number of rotatable bonds is 5. The number of ether oxygens (including phenoxy) is 1. The van der Waals surface area contributed by atoms with Crippen LogP contribution < -0.4 is 14.5 Å². The number of nitrogens with zero attached hydrogens (tertiary/aromatic N) is 2. The molecular formula is C39H28Br2ClIN2O6. The van der Waals surface area contributed by atoms with Gasteiger partial charge in [-0.15, -0.1) is 0 Å². The molecule has 8 nitrogen and oxygen atoms in total. The average Bonchev–Trinajstić information content (AvgIpc) is 3.52. The average molecular weight is 943 g/mol. The minimum absolute atomic E-state index is 0.136. The van der Waals surface area contributed by atoms with Crippen LogP contribution in [-0.2, 0) is 24.6 Å². The van der Waals surface area contributed by atoms with Crippen LogP contribution in [0.15, 0.2) is 106 Å². The van der Waals surface area contributed by atoms with E-state index >= 15 is 4.79 Å². The van der Waals surface area contributed by atoms with Crippen molar-refractivity contribution in [1.82, 2.24) is 0 Å². The summed E-state index contributed by atoms with van der Waals surface area (Å²) in [5.74, 6) is -5.09. The Bertz CT molecular complexity index is 2200. The highest BCUT2D eigenvalue weighted by molar-refractivity contribution is 14.1. The van der Waals surface area contributed by atoms with E-state index in [0.29, 0.717) is 36.5 Å². The van der Waals surface area contributed by atoms with Crippen LogP contribution >= 0.6 is 66.1 Å². The first-order valence-electron chi connectivity index (χ1n) is 16.3. The Morgan fingerprint density at radius 2 is 1.57 bits per heavy atom. The van der Waals surface area contributed by atoms with Gasteiger partial charge in [-0.25, -0.2) is 4.90 Å². The zero-order valence-corrected chi connectivity index (χ0v) is 32.9. The van der Waals surface area contributed by atoms with Crippen LogP contribution in [0.5, 0.6) is 11.5 Å². The number of amides is 4. The summed E-state index contributed by atoms with van der Waals surface area (Å²) in [4.78, 5) is 61.5. The lowest BCUT2D eigenvalue weighted by Crippen LogP contribution is -2.53. The first kappa shape index (κ1) is 34.6. The second-order valence-corrected chi connectivity index (χ2v) is 16.5. The van der Waals surface area contributed by atoms with Gasteiger partial charge in [-0.1, -0.05) is 59.6 Å². The van der Waals surface area contributed by atoms with Crippen molar-refractivity contribution < 1.29 is 29.0 Å². The van der Waals surface area contributed by atoms with E-state index in [0.717, 1.165) is 9.14 Å². The van der Waals surface area contributed by atoms with Crippen molar-refractivity contribution in [3.8, 4) is 11.5 Å². The second kappa shape index (κ2) is 12.9. The predicted octanol–water partition coefficient (Wildman–Crippen LogP) is 8.55. The standard InChI is InChI=1S/C39H28Br2ClIN2O6/c1-51-29-18-27(32(40)33(41)34(29)46)31-24-14-15-25-30(37(49)44(35(25)47)22-12-10-21(43)11-13-22)26(24)17-28-36(48)45(23-9-5-8-20(42)16-23)38(50)39(28,31)19-6-3-2-4-7-19/h2-14,16,18,25-26,28,30-31,46H,15,17H2,1H3/t25-,26+,28-,30-,31+,39+/m0/s1. The molecule has 4 aliphatic rings. The second-order valence-electron chi connectivity index (χ2n) is 13.2. The number of phenols is 1. The van der Waals surface area contributed by atoms with Gasteiger partial charge in [0.05, 0.1) is 46.1 Å². The van der Waals surface area contributed by atoms with E-state index in [1.54, 1.807) is 42.5 Å². The highest BCUT2D eigenvalue weighted by atomic mass is 127. The summed E-state index contributed by atoms with van der Waals surface area (Å²) in [7, 11) is 1.44. The summed E-state index contributed by atoms with van der Waals surface area (Å²) in [6.07, 6.45) is 2.44. The number of allylic oxidation sites excluding steroid dienone is 2. The van der Waals surface area contributed by atoms with Crippen molar-refractivity contribution >= 4 is 101 Å². The van der Waals surface area contributed by atoms with Gasteiger partial charge in [0, 0.05) is 19.0 Å². The summed E-state index contributed by atoms with van der Waals surface area (Å²) in [6, 6.07) is 24.9. The maximum Gasteiger partial charge on any atom is 0.246 e. The van der Waals surface area contributed by atoms with E-state index in [2.05, 4.69) is 54.5 Å². The topological polar surface area (TPSA) is 104 Å². The molecule has 0 bridgehead atoms. The quantitative estimate of drug-likeness (QED) is 0.122. The van der Waals surface area contributed by atoms with Crippen molar-refractivity contribution in [2.45, 2.75) is 24.2 Å². The van der Waals surface area contributed by atoms with E-state index in [4.69, 9.17) is 16.3 Å². The Kier molecular flexibility index (Phi) is 8.71. The van der Waals surface area contributed by atoms with Gasteiger partial charge in [-0.3, -0.25) is 24.1 Å². The molecule has 51 heavy (non-hydrogen) atoms. The Morgan fingerprint density at radius 3 is 2.25 bits per heavy atom. The van der Waals surface area contributed by atoms with Crippen molar-refractivity contribution in [3.05, 3.63) is 125 Å². The van der Waals surface area contributed by atoms with Crippen molar-refractivity contribution in [3.63, 3.8) is 0 Å². The molecule has 0 unspecified atom stereocenters. The zero-order chi connectivity index (χ0) is 35.9. The zero-order valence-electron chi connectivity index (χ0n) is 26.9. The maximum atomic E-state index is 15.5. The van der Waals surface area contributed by atoms with Gasteiger partial charge >= 0.3 is 0 Å². The fourth-order valence-electron chi connectivity index (χ4n) is 8.91. The van der Waals surface area contributed by atoms with E-state index in [9.17, 15) is 19.5 Å². The van der Waals surface area contributed by atoms with Crippen molar-refractivity contribution in [2.75, 3.05) is 16.9 Å². The number of imide groups is 2. The number of hydrogen-bond acceptors (Lipinski definition) is 6. The molecule has 1 saturated carbocycles. The van der Waals surface area contributed by atoms with Gasteiger partial charge in [0.2, 0.25) is 23.6 Å². The largest absolute Gasteiger partial charge is 0.503 e. The first-order chi connectivity index (χ1) is 24.5. The van der Waals surface area contributed by atoms with Gasteiger partial charge in [0.15, 0.2) is 11.5 Å². The molecule has 0 spiro atoms. The molecule has 2 saturated heterocycles. The van der Waals surface area contributed by atoms with E-state index in [-0.39, 0.29) is 36.2 Å². The predicted molar refractivity (Wildman–Crippen MR) is 208 cm³/mol. The lowest BCUT2D eigenvalue weighted by molar-refractivity contribution is -0.127. The molecular weight excluding hydrogens is 915 g/mol. The molecule has 4 aromatic carbocycles. The number of benzene rings is 4. The summed E-state index contributed by atoms with van der Waals surface area (Å²) < 4.78 is 7.37. The van der Waals surface area contributed by atoms with Crippen LogP contribution in [0.25, 0.3) is 0 Å². The fraction of sp³-hybridized carbons (Fsp3) is 0.231. The number of halogens is 4. The highest BCUT2D eigenvalue weighted by Gasteiger charge is 2.70. The minimum Gasteiger partial charge on any atom is -0.503 e. The number of hydrogen-bond donors (Lipinski definition) is 1. The number of methoxy groups -OCH3 is 1. The first-order valence-corrected chi connectivity index (χ1v) is 19.3. The molecule has 4 aromatic rings. The lowest BCUT2D eigenvalue weighted by atomic mass is 9.49. The summed E-state index contributed by atoms with van der Waals surface area (Å²) >= 11 is 15.8. The van der Waals surface area contributed by atoms with Gasteiger partial charge in [0.1, 0.15) is 0 Å². The lowest BCUT2D eigenvalue weighted by Gasteiger charge is -2.51. The number of carbonyl (C=O) groups is 4. The molecule has 2 aliphatic heterocycles. The number of aromatic hydroxyl groups is 1. The van der Waals surface area contributed by atoms with Crippen LogP contribution in [0.3, 0.4) is 0 Å². The monoisotopic (exact) mass is 940 g/mol. The van der Waals surface area contributed by atoms with Crippen LogP contribution in [0.4, 0.5) is 11.4 Å². The van der Waals surface area contributed by atoms with E-state index < -0.39 is 46.8 Å². The normalized spacial score (nSPS) is 26.9. The van der Waals surface area contributed by atoms with Gasteiger partial charge in [-0.2, -0.15) is 0 Å². The molecule has 258 valence electrons.